The number of ketones is 1. The van der Waals surface area contributed by atoms with Crippen LogP contribution in [-0.2, 0) is 52.5 Å². The fraction of sp³-hybridized carbons (Fsp3) is 0.800. The molecule has 2 saturated carbocycles. The molecule has 3 fully saturated rings. The maximum Gasteiger partial charge on any atom is 0.347 e. The average Bonchev–Trinajstić information content (AvgIpc) is 3.06. The maximum atomic E-state index is 12.6. The summed E-state index contributed by atoms with van der Waals surface area (Å²) in [7, 11) is 18.0. The van der Waals surface area contributed by atoms with E-state index in [1.807, 2.05) is 6.92 Å². The molecular weight excluding hydrogens is 617 g/mol. The lowest BCUT2D eigenvalue weighted by atomic mass is 9.40. The molecule has 1 heterocycles. The van der Waals surface area contributed by atoms with E-state index in [1.165, 1.54) is 47.0 Å². The second kappa shape index (κ2) is 28.2. The minimum atomic E-state index is -1.30. The normalized spacial score (nSPS) is 20.6. The summed E-state index contributed by atoms with van der Waals surface area (Å²) >= 11 is 0. The molecule has 0 aromatic rings. The van der Waals surface area contributed by atoms with Crippen LogP contribution >= 0.6 is 0 Å². The van der Waals surface area contributed by atoms with Crippen molar-refractivity contribution in [2.24, 2.45) is 11.3 Å². The lowest BCUT2D eigenvalue weighted by Crippen LogP contribution is -2.48. The molecule has 1 aliphatic heterocycles. The van der Waals surface area contributed by atoms with Crippen molar-refractivity contribution in [3.63, 3.8) is 0 Å². The van der Waals surface area contributed by atoms with Gasteiger partial charge in [-0.2, -0.15) is 0 Å². The summed E-state index contributed by atoms with van der Waals surface area (Å²) in [5.41, 5.74) is -1.22. The predicted molar refractivity (Wildman–Crippen MR) is 183 cm³/mol. The van der Waals surface area contributed by atoms with Gasteiger partial charge in [-0.25, -0.2) is 14.4 Å². The molecule has 258 valence electrons. The number of rotatable bonds is 8. The molecule has 3 aliphatic rings. The molecule has 0 amide bonds. The third-order valence-corrected chi connectivity index (χ3v) is 7.32. The highest BCUT2D eigenvalue weighted by atomic mass is 16.6. The Labute approximate surface area is 294 Å². The Morgan fingerprint density at radius 2 is 1.27 bits per heavy atom. The highest BCUT2D eigenvalue weighted by Crippen LogP contribution is 2.39. The fourth-order valence-electron chi connectivity index (χ4n) is 4.93. The van der Waals surface area contributed by atoms with Gasteiger partial charge in [-0.1, -0.05) is 38.5 Å². The second-order valence-electron chi connectivity index (χ2n) is 10.9. The van der Waals surface area contributed by atoms with Crippen molar-refractivity contribution in [1.82, 2.24) is 0 Å². The maximum absolute atomic E-state index is 12.6. The molecule has 0 bridgehead atoms. The van der Waals surface area contributed by atoms with Crippen molar-refractivity contribution in [2.45, 2.75) is 130 Å². The molecule has 0 unspecified atom stereocenters. The topological polar surface area (TPSA) is 169 Å². The predicted octanol–water partition coefficient (Wildman–Crippen LogP) is 1.09. The van der Waals surface area contributed by atoms with Crippen LogP contribution in [0.25, 0.3) is 0 Å². The Kier molecular flexibility index (Phi) is 29.3. The van der Waals surface area contributed by atoms with Crippen molar-refractivity contribution in [3.05, 3.63) is 0 Å². The highest BCUT2D eigenvalue weighted by Gasteiger charge is 2.50. The Morgan fingerprint density at radius 3 is 1.67 bits per heavy atom. The first-order valence-electron chi connectivity index (χ1n) is 16.0. The number of carbonyl (C=O) groups is 6. The van der Waals surface area contributed by atoms with Gasteiger partial charge in [0.2, 0.25) is 0 Å². The molecule has 0 spiro atoms. The summed E-state index contributed by atoms with van der Waals surface area (Å²) in [6, 6.07) is 0. The van der Waals surface area contributed by atoms with Gasteiger partial charge in [0.25, 0.3) is 0 Å². The van der Waals surface area contributed by atoms with Crippen molar-refractivity contribution in [3.8, 4) is 0 Å². The highest BCUT2D eigenvalue weighted by molar-refractivity contribution is 7.17. The van der Waals surface area contributed by atoms with Crippen molar-refractivity contribution in [1.29, 1.82) is 0 Å². The summed E-state index contributed by atoms with van der Waals surface area (Å²) in [5, 5.41) is 9.14. The van der Waals surface area contributed by atoms with Crippen LogP contribution < -0.4 is 0 Å². The zero-order chi connectivity index (χ0) is 36.6. The monoisotopic (exact) mass is 666 g/mol. The molecule has 18 heteroatoms. The number of aliphatic hydroxyl groups is 1. The van der Waals surface area contributed by atoms with Gasteiger partial charge in [0.05, 0.1) is 19.1 Å². The quantitative estimate of drug-likeness (QED) is 0.170. The lowest BCUT2D eigenvalue weighted by molar-refractivity contribution is -0.191. The minimum Gasteiger partial charge on any atom is -0.466 e. The number of hydrogen-bond donors (Lipinski definition) is 1. The van der Waals surface area contributed by atoms with E-state index >= 15 is 0 Å². The van der Waals surface area contributed by atoms with Gasteiger partial charge in [0.1, 0.15) is 11.5 Å². The summed E-state index contributed by atoms with van der Waals surface area (Å²) in [5.74, 6) is -2.56. The van der Waals surface area contributed by atoms with Gasteiger partial charge in [-0.05, 0) is 67.2 Å². The van der Waals surface area contributed by atoms with Gasteiger partial charge < -0.3 is 28.8 Å². The van der Waals surface area contributed by atoms with Crippen LogP contribution in [-0.4, -0.2) is 125 Å². The average molecular weight is 666 g/mol. The molecular formula is C30H48B6O12. The number of Topliss-reactive ketones (excluding diaryl/α,β-unsaturated/α-hetero) is 1. The number of cyclic esters (lactones) is 2. The largest absolute Gasteiger partial charge is 0.466 e. The molecule has 3 rings (SSSR count). The van der Waals surface area contributed by atoms with E-state index in [1.54, 1.807) is 6.92 Å². The number of esters is 5. The van der Waals surface area contributed by atoms with E-state index in [-0.39, 0.29) is 26.9 Å². The van der Waals surface area contributed by atoms with E-state index in [0.717, 1.165) is 39.2 Å². The summed E-state index contributed by atoms with van der Waals surface area (Å²) < 4.78 is 24.1. The van der Waals surface area contributed by atoms with Gasteiger partial charge in [0, 0.05) is 46.4 Å². The van der Waals surface area contributed by atoms with E-state index in [2.05, 4.69) is 40.4 Å². The smallest absolute Gasteiger partial charge is 0.347 e. The Hall–Kier alpha value is -2.63. The van der Waals surface area contributed by atoms with Crippen LogP contribution in [0.3, 0.4) is 0 Å². The molecule has 12 radical (unpaired) electrons. The third kappa shape index (κ3) is 18.2. The minimum absolute atomic E-state index is 0. The Balaban J connectivity index is -0.000000632. The third-order valence-electron chi connectivity index (χ3n) is 7.32. The SMILES string of the molecule is CCOC(=O)C1(C(=O)[C@H](C)OC(=O)[C@H](C)O)CCCCC1.CCOC(=O)C1CCCCC1.C[C@@H]1OC(=O)[C@H](C)OC1=O.[B].[B][B].[B][B][B]. The standard InChI is InChI=1S/C15H24O6.C9H16O2.C6H8O4.B3.B2.B/c1-4-20-14(19)15(8-6-5-7-9-15)12(17)11(3)21-13(18)10(2)16;1-2-11-9(10)8-6-4-3-5-7-8;1-3-5(7)10-4(2)6(8)9-3;1-3-2;1-2;/h10-11,16H,4-9H2,1-3H3;8H,2-7H2,1H3;3-4H,1-2H3;;;/t10-,11-;;3-,4-;;;/m0.0.../s1. The number of carbonyl (C=O) groups excluding carboxylic acids is 6. The molecule has 1 saturated heterocycles. The van der Waals surface area contributed by atoms with Gasteiger partial charge in [-0.15, -0.1) is 0 Å². The molecule has 4 atom stereocenters. The molecule has 48 heavy (non-hydrogen) atoms. The molecule has 2 aliphatic carbocycles. The van der Waals surface area contributed by atoms with Crippen molar-refractivity contribution in [2.75, 3.05) is 13.2 Å². The van der Waals surface area contributed by atoms with Crippen molar-refractivity contribution < 1.29 is 57.6 Å². The van der Waals surface area contributed by atoms with Crippen LogP contribution in [0.2, 0.25) is 0 Å². The van der Waals surface area contributed by atoms with Gasteiger partial charge in [-0.3, -0.25) is 14.4 Å². The number of hydrogen-bond acceptors (Lipinski definition) is 12. The first-order chi connectivity index (χ1) is 22.2. The fourth-order valence-corrected chi connectivity index (χ4v) is 4.93. The summed E-state index contributed by atoms with van der Waals surface area (Å²) in [6.07, 6.45) is 5.23. The van der Waals surface area contributed by atoms with Crippen LogP contribution in [0.1, 0.15) is 106 Å². The van der Waals surface area contributed by atoms with E-state index < -0.39 is 59.5 Å². The molecule has 0 aromatic heterocycles. The molecule has 0 aromatic carbocycles. The van der Waals surface area contributed by atoms with E-state index in [9.17, 15) is 28.8 Å². The summed E-state index contributed by atoms with van der Waals surface area (Å²) in [4.78, 5) is 68.8. The lowest BCUT2D eigenvalue weighted by Gasteiger charge is -2.34. The van der Waals surface area contributed by atoms with E-state index in [0.29, 0.717) is 19.4 Å². The number of aliphatic hydroxyl groups excluding tert-OH is 1. The Bertz CT molecular complexity index is 937. The zero-order valence-corrected chi connectivity index (χ0v) is 29.3. The van der Waals surface area contributed by atoms with Crippen LogP contribution in [0, 0.1) is 11.3 Å². The number of ether oxygens (including phenoxy) is 5. The van der Waals surface area contributed by atoms with Gasteiger partial charge >= 0.3 is 29.8 Å². The van der Waals surface area contributed by atoms with Crippen LogP contribution in [0.15, 0.2) is 0 Å². The Morgan fingerprint density at radius 1 is 0.854 bits per heavy atom. The summed E-state index contributed by atoms with van der Waals surface area (Å²) in [6.45, 7) is 9.93. The van der Waals surface area contributed by atoms with Crippen LogP contribution in [0.5, 0.6) is 0 Å². The first kappa shape index (κ1) is 49.8. The van der Waals surface area contributed by atoms with E-state index in [4.69, 9.17) is 19.3 Å². The molecule has 12 nitrogen and oxygen atoms in total. The zero-order valence-electron chi connectivity index (χ0n) is 29.3. The first-order valence-corrected chi connectivity index (χ1v) is 16.0. The van der Waals surface area contributed by atoms with Crippen LogP contribution in [0.4, 0.5) is 0 Å². The second-order valence-corrected chi connectivity index (χ2v) is 10.9. The van der Waals surface area contributed by atoms with Gasteiger partial charge in [0.15, 0.2) is 24.1 Å². The molecule has 1 N–H and O–H groups in total. The van der Waals surface area contributed by atoms with Crippen molar-refractivity contribution >= 4 is 82.1 Å².